The highest BCUT2D eigenvalue weighted by molar-refractivity contribution is 5.32. The number of aromatic nitrogens is 2. The van der Waals surface area contributed by atoms with Crippen LogP contribution in [0.5, 0.6) is 0 Å². The van der Waals surface area contributed by atoms with Crippen molar-refractivity contribution in [2.24, 2.45) is 5.73 Å². The maximum atomic E-state index is 6.27. The first-order valence-corrected chi connectivity index (χ1v) is 6.88. The lowest BCUT2D eigenvalue weighted by Gasteiger charge is -2.26. The molecule has 3 rings (SSSR count). The van der Waals surface area contributed by atoms with Crippen LogP contribution in [0, 0.1) is 6.92 Å². The molecule has 1 saturated carbocycles. The number of aryl methyl sites for hydroxylation is 1. The normalized spacial score (nSPS) is 16.9. The molecule has 2 aromatic rings. The molecule has 1 aromatic heterocycles. The van der Waals surface area contributed by atoms with Gasteiger partial charge in [0.05, 0.1) is 6.04 Å². The van der Waals surface area contributed by atoms with Crippen molar-refractivity contribution in [3.63, 3.8) is 0 Å². The number of benzene rings is 1. The summed E-state index contributed by atoms with van der Waals surface area (Å²) in [4.78, 5) is 8.65. The number of hydrogen-bond donors (Lipinski definition) is 1. The molecule has 0 saturated heterocycles. The van der Waals surface area contributed by atoms with Crippen LogP contribution in [-0.4, -0.2) is 9.97 Å². The Balaban J connectivity index is 1.86. The van der Waals surface area contributed by atoms with Crippen molar-refractivity contribution in [2.45, 2.75) is 38.1 Å². The van der Waals surface area contributed by atoms with Crippen LogP contribution in [0.1, 0.15) is 53.7 Å². The molecule has 0 amide bonds. The van der Waals surface area contributed by atoms with E-state index in [2.05, 4.69) is 34.2 Å². The molecule has 3 heteroatoms. The molecule has 0 spiro atoms. The van der Waals surface area contributed by atoms with E-state index in [-0.39, 0.29) is 6.04 Å². The second kappa shape index (κ2) is 5.10. The number of hydrogen-bond acceptors (Lipinski definition) is 3. The fourth-order valence-electron chi connectivity index (χ4n) is 2.46. The summed E-state index contributed by atoms with van der Waals surface area (Å²) in [5, 5.41) is 0. The van der Waals surface area contributed by atoms with Crippen molar-refractivity contribution in [2.75, 3.05) is 0 Å². The average Bonchev–Trinajstić information content (AvgIpc) is 2.37. The molecule has 3 nitrogen and oxygen atoms in total. The fraction of sp³-hybridized carbons (Fsp3) is 0.375. The zero-order valence-electron chi connectivity index (χ0n) is 11.2. The molecule has 0 aliphatic heterocycles. The van der Waals surface area contributed by atoms with E-state index in [9.17, 15) is 0 Å². The smallest absolute Gasteiger partial charge is 0.149 e. The summed E-state index contributed by atoms with van der Waals surface area (Å²) in [5.41, 5.74) is 9.84. The number of nitrogens with two attached hydrogens (primary N) is 1. The van der Waals surface area contributed by atoms with Crippen LogP contribution in [0.4, 0.5) is 0 Å². The zero-order chi connectivity index (χ0) is 13.2. The Labute approximate surface area is 113 Å². The van der Waals surface area contributed by atoms with Crippen LogP contribution in [0.15, 0.2) is 36.7 Å². The maximum Gasteiger partial charge on any atom is 0.149 e. The van der Waals surface area contributed by atoms with Crippen molar-refractivity contribution in [3.8, 4) is 0 Å². The minimum Gasteiger partial charge on any atom is -0.318 e. The standard InChI is InChI=1S/C16H19N3/c1-11-9-18-16(19-10-11)15(17)14-7-3-6-13(8-14)12-4-2-5-12/h3,6-10,12,15H,2,4-5,17H2,1H3. The Morgan fingerprint density at radius 1 is 1.21 bits per heavy atom. The van der Waals surface area contributed by atoms with Gasteiger partial charge in [-0.2, -0.15) is 0 Å². The topological polar surface area (TPSA) is 51.8 Å². The molecule has 0 radical (unpaired) electrons. The average molecular weight is 253 g/mol. The molecule has 1 unspecified atom stereocenters. The van der Waals surface area contributed by atoms with Crippen LogP contribution in [0.3, 0.4) is 0 Å². The Morgan fingerprint density at radius 3 is 2.58 bits per heavy atom. The second-order valence-corrected chi connectivity index (χ2v) is 5.39. The zero-order valence-corrected chi connectivity index (χ0v) is 11.2. The molecule has 1 aliphatic rings. The molecule has 98 valence electrons. The summed E-state index contributed by atoms with van der Waals surface area (Å²) in [6, 6.07) is 8.35. The predicted octanol–water partition coefficient (Wildman–Crippen LogP) is 3.10. The van der Waals surface area contributed by atoms with E-state index in [0.717, 1.165) is 17.0 Å². The van der Waals surface area contributed by atoms with Gasteiger partial charge in [-0.3, -0.25) is 0 Å². The minimum absolute atomic E-state index is 0.236. The molecule has 19 heavy (non-hydrogen) atoms. The summed E-state index contributed by atoms with van der Waals surface area (Å²) in [5.74, 6) is 1.42. The van der Waals surface area contributed by atoms with Gasteiger partial charge in [0.25, 0.3) is 0 Å². The highest BCUT2D eigenvalue weighted by atomic mass is 14.9. The maximum absolute atomic E-state index is 6.27. The van der Waals surface area contributed by atoms with Crippen molar-refractivity contribution < 1.29 is 0 Å². The molecule has 1 atom stereocenters. The molecule has 2 N–H and O–H groups in total. The predicted molar refractivity (Wildman–Crippen MR) is 75.8 cm³/mol. The van der Waals surface area contributed by atoms with E-state index < -0.39 is 0 Å². The van der Waals surface area contributed by atoms with E-state index in [4.69, 9.17) is 5.73 Å². The quantitative estimate of drug-likeness (QED) is 0.914. The highest BCUT2D eigenvalue weighted by Crippen LogP contribution is 2.37. The van der Waals surface area contributed by atoms with Gasteiger partial charge in [-0.05, 0) is 42.4 Å². The van der Waals surface area contributed by atoms with Gasteiger partial charge in [-0.15, -0.1) is 0 Å². The summed E-state index contributed by atoms with van der Waals surface area (Å²) in [6.07, 6.45) is 7.59. The van der Waals surface area contributed by atoms with Crippen molar-refractivity contribution in [3.05, 3.63) is 59.2 Å². The lowest BCUT2D eigenvalue weighted by atomic mass is 9.79. The van der Waals surface area contributed by atoms with Gasteiger partial charge < -0.3 is 5.73 Å². The Kier molecular flexibility index (Phi) is 3.30. The summed E-state index contributed by atoms with van der Waals surface area (Å²) in [7, 11) is 0. The molecular weight excluding hydrogens is 234 g/mol. The summed E-state index contributed by atoms with van der Waals surface area (Å²) < 4.78 is 0. The van der Waals surface area contributed by atoms with E-state index in [0.29, 0.717) is 5.82 Å². The molecule has 1 heterocycles. The first-order chi connectivity index (χ1) is 9.24. The summed E-state index contributed by atoms with van der Waals surface area (Å²) >= 11 is 0. The van der Waals surface area contributed by atoms with Crippen LogP contribution < -0.4 is 5.73 Å². The van der Waals surface area contributed by atoms with Gasteiger partial charge >= 0.3 is 0 Å². The largest absolute Gasteiger partial charge is 0.318 e. The molecule has 1 fully saturated rings. The Morgan fingerprint density at radius 2 is 1.95 bits per heavy atom. The first-order valence-electron chi connectivity index (χ1n) is 6.88. The molecular formula is C16H19N3. The van der Waals surface area contributed by atoms with Crippen LogP contribution in [-0.2, 0) is 0 Å². The first kappa shape index (κ1) is 12.3. The lowest BCUT2D eigenvalue weighted by Crippen LogP contribution is -2.16. The highest BCUT2D eigenvalue weighted by Gasteiger charge is 2.20. The van der Waals surface area contributed by atoms with Gasteiger partial charge in [0.15, 0.2) is 0 Å². The SMILES string of the molecule is Cc1cnc(C(N)c2cccc(C3CCC3)c2)nc1. The Bertz CT molecular complexity index is 558. The molecule has 0 bridgehead atoms. The minimum atomic E-state index is -0.236. The Hall–Kier alpha value is -1.74. The van der Waals surface area contributed by atoms with Crippen molar-refractivity contribution in [1.82, 2.24) is 9.97 Å². The van der Waals surface area contributed by atoms with Crippen LogP contribution in [0.25, 0.3) is 0 Å². The van der Waals surface area contributed by atoms with Gasteiger partial charge in [-0.1, -0.05) is 30.7 Å². The van der Waals surface area contributed by atoms with Gasteiger partial charge in [0.2, 0.25) is 0 Å². The van der Waals surface area contributed by atoms with Crippen molar-refractivity contribution >= 4 is 0 Å². The van der Waals surface area contributed by atoms with Gasteiger partial charge in [0.1, 0.15) is 5.82 Å². The summed E-state index contributed by atoms with van der Waals surface area (Å²) in [6.45, 7) is 1.98. The monoisotopic (exact) mass is 253 g/mol. The van der Waals surface area contributed by atoms with E-state index >= 15 is 0 Å². The molecule has 1 aromatic carbocycles. The van der Waals surface area contributed by atoms with Crippen LogP contribution in [0.2, 0.25) is 0 Å². The van der Waals surface area contributed by atoms with E-state index in [1.807, 2.05) is 19.3 Å². The van der Waals surface area contributed by atoms with Crippen LogP contribution >= 0.6 is 0 Å². The van der Waals surface area contributed by atoms with Crippen molar-refractivity contribution in [1.29, 1.82) is 0 Å². The third kappa shape index (κ3) is 2.51. The fourth-order valence-corrected chi connectivity index (χ4v) is 2.46. The number of nitrogens with zero attached hydrogens (tertiary/aromatic N) is 2. The number of rotatable bonds is 3. The lowest BCUT2D eigenvalue weighted by molar-refractivity contribution is 0.419. The molecule has 1 aliphatic carbocycles. The van der Waals surface area contributed by atoms with Gasteiger partial charge in [-0.25, -0.2) is 9.97 Å². The van der Waals surface area contributed by atoms with E-state index in [1.54, 1.807) is 0 Å². The third-order valence-electron chi connectivity index (χ3n) is 3.93. The van der Waals surface area contributed by atoms with E-state index in [1.165, 1.54) is 24.8 Å². The third-order valence-corrected chi connectivity index (χ3v) is 3.93. The second-order valence-electron chi connectivity index (χ2n) is 5.39. The van der Waals surface area contributed by atoms with Gasteiger partial charge in [0, 0.05) is 12.4 Å².